The first kappa shape index (κ1) is 17.0. The summed E-state index contributed by atoms with van der Waals surface area (Å²) in [7, 11) is -3.09. The second-order valence-electron chi connectivity index (χ2n) is 5.35. The van der Waals surface area contributed by atoms with Gasteiger partial charge in [0, 0.05) is 0 Å². The molecule has 0 saturated heterocycles. The van der Waals surface area contributed by atoms with Gasteiger partial charge in [-0.3, -0.25) is 0 Å². The highest BCUT2D eigenvalue weighted by molar-refractivity contribution is 7.92. The second kappa shape index (κ2) is 7.64. The third kappa shape index (κ3) is 5.13. The summed E-state index contributed by atoms with van der Waals surface area (Å²) in [5, 5.41) is -0.335. The molecule has 0 bridgehead atoms. The molecule has 114 valence electrons. The van der Waals surface area contributed by atoms with Crippen LogP contribution in [-0.2, 0) is 16.3 Å². The van der Waals surface area contributed by atoms with Crippen molar-refractivity contribution in [2.24, 2.45) is 11.7 Å². The van der Waals surface area contributed by atoms with Crippen LogP contribution in [0.15, 0.2) is 24.3 Å². The lowest BCUT2D eigenvalue weighted by atomic mass is 10.1. The molecule has 5 heteroatoms. The van der Waals surface area contributed by atoms with Gasteiger partial charge in [0.15, 0.2) is 9.84 Å². The molecule has 4 nitrogen and oxygen atoms in total. The zero-order valence-electron chi connectivity index (χ0n) is 12.5. The number of sulfone groups is 1. The molecular weight excluding hydrogens is 274 g/mol. The van der Waals surface area contributed by atoms with Crippen LogP contribution in [0.1, 0.15) is 26.3 Å². The number of hydrogen-bond acceptors (Lipinski definition) is 4. The maximum Gasteiger partial charge on any atom is 0.156 e. The first-order chi connectivity index (χ1) is 9.36. The lowest BCUT2D eigenvalue weighted by Crippen LogP contribution is -2.28. The van der Waals surface area contributed by atoms with Crippen LogP contribution in [0.2, 0.25) is 0 Å². The average Bonchev–Trinajstić information content (AvgIpc) is 2.40. The molecule has 20 heavy (non-hydrogen) atoms. The van der Waals surface area contributed by atoms with Crippen LogP contribution in [0.5, 0.6) is 5.75 Å². The molecule has 1 aromatic rings. The molecule has 1 aromatic carbocycles. The molecule has 1 atom stereocenters. The van der Waals surface area contributed by atoms with E-state index in [1.165, 1.54) is 0 Å². The van der Waals surface area contributed by atoms with Crippen LogP contribution < -0.4 is 10.5 Å². The van der Waals surface area contributed by atoms with E-state index in [1.54, 1.807) is 6.92 Å². The van der Waals surface area contributed by atoms with Crippen molar-refractivity contribution in [1.82, 2.24) is 0 Å². The van der Waals surface area contributed by atoms with Gasteiger partial charge < -0.3 is 10.5 Å². The minimum atomic E-state index is -3.09. The Balaban J connectivity index is 2.48. The minimum Gasteiger partial charge on any atom is -0.493 e. The fourth-order valence-corrected chi connectivity index (χ4v) is 3.31. The summed E-state index contributed by atoms with van der Waals surface area (Å²) in [4.78, 5) is 0. The number of ether oxygens (including phenoxy) is 1. The van der Waals surface area contributed by atoms with Crippen LogP contribution in [0, 0.1) is 5.92 Å². The quantitative estimate of drug-likeness (QED) is 0.797. The first-order valence-corrected chi connectivity index (χ1v) is 8.71. The molecule has 1 rings (SSSR count). The van der Waals surface area contributed by atoms with Crippen molar-refractivity contribution in [3.63, 3.8) is 0 Å². The Morgan fingerprint density at radius 3 is 2.25 bits per heavy atom. The van der Waals surface area contributed by atoms with E-state index in [1.807, 2.05) is 38.1 Å². The molecule has 0 radical (unpaired) electrons. The normalized spacial score (nSPS) is 13.4. The summed E-state index contributed by atoms with van der Waals surface area (Å²) in [6, 6.07) is 7.61. The summed E-state index contributed by atoms with van der Waals surface area (Å²) in [5.41, 5.74) is 6.63. The van der Waals surface area contributed by atoms with Crippen LogP contribution in [0.3, 0.4) is 0 Å². The molecule has 0 heterocycles. The van der Waals surface area contributed by atoms with E-state index in [-0.39, 0.29) is 23.5 Å². The fourth-order valence-electron chi connectivity index (χ4n) is 1.80. The summed E-state index contributed by atoms with van der Waals surface area (Å²) in [6.07, 6.45) is 0.834. The zero-order valence-corrected chi connectivity index (χ0v) is 13.3. The van der Waals surface area contributed by atoms with E-state index >= 15 is 0 Å². The lowest BCUT2D eigenvalue weighted by molar-refractivity contribution is 0.340. The first-order valence-electron chi connectivity index (χ1n) is 7.00. The highest BCUT2D eigenvalue weighted by Gasteiger charge is 2.23. The Morgan fingerprint density at radius 1 is 1.15 bits per heavy atom. The van der Waals surface area contributed by atoms with Crippen molar-refractivity contribution in [2.45, 2.75) is 32.4 Å². The van der Waals surface area contributed by atoms with Gasteiger partial charge in [-0.2, -0.15) is 0 Å². The van der Waals surface area contributed by atoms with Crippen molar-refractivity contribution < 1.29 is 13.2 Å². The fraction of sp³-hybridized carbons (Fsp3) is 0.600. The monoisotopic (exact) mass is 299 g/mol. The summed E-state index contributed by atoms with van der Waals surface area (Å²) in [5.74, 6) is 0.866. The van der Waals surface area contributed by atoms with Crippen molar-refractivity contribution >= 4 is 9.84 Å². The van der Waals surface area contributed by atoms with E-state index in [0.717, 1.165) is 12.0 Å². The van der Waals surface area contributed by atoms with Crippen LogP contribution in [0.4, 0.5) is 0 Å². The van der Waals surface area contributed by atoms with Gasteiger partial charge >= 0.3 is 0 Å². The van der Waals surface area contributed by atoms with Gasteiger partial charge in [-0.05, 0) is 43.5 Å². The Hall–Kier alpha value is -1.07. The maximum absolute atomic E-state index is 12.0. The number of nitrogens with two attached hydrogens (primary N) is 1. The largest absolute Gasteiger partial charge is 0.493 e. The third-order valence-electron chi connectivity index (χ3n) is 3.50. The highest BCUT2D eigenvalue weighted by atomic mass is 32.2. The molecule has 0 aliphatic carbocycles. The molecule has 0 aliphatic heterocycles. The smallest absolute Gasteiger partial charge is 0.156 e. The summed E-state index contributed by atoms with van der Waals surface area (Å²) >= 11 is 0. The van der Waals surface area contributed by atoms with Gasteiger partial charge in [-0.15, -0.1) is 0 Å². The molecular formula is C15H25NO3S. The van der Waals surface area contributed by atoms with E-state index < -0.39 is 9.84 Å². The highest BCUT2D eigenvalue weighted by Crippen LogP contribution is 2.15. The standard InChI is InChI=1S/C15H25NO3S/c1-12(2)13(3)20(17,18)11-10-19-15-6-4-14(5-7-15)8-9-16/h4-7,12-13H,8-11,16H2,1-3H3. The Morgan fingerprint density at radius 2 is 1.75 bits per heavy atom. The predicted molar refractivity (Wildman–Crippen MR) is 82.8 cm³/mol. The van der Waals surface area contributed by atoms with Gasteiger partial charge in [0.25, 0.3) is 0 Å². The average molecular weight is 299 g/mol. The zero-order chi connectivity index (χ0) is 15.2. The van der Waals surface area contributed by atoms with Gasteiger partial charge in [0.05, 0.1) is 11.0 Å². The Bertz CT molecular complexity index is 494. The van der Waals surface area contributed by atoms with E-state index in [4.69, 9.17) is 10.5 Å². The Labute approximate surface area is 122 Å². The van der Waals surface area contributed by atoms with Crippen LogP contribution >= 0.6 is 0 Å². The third-order valence-corrected chi connectivity index (χ3v) is 5.91. The molecule has 1 unspecified atom stereocenters. The maximum atomic E-state index is 12.0. The van der Waals surface area contributed by atoms with Crippen molar-refractivity contribution in [1.29, 1.82) is 0 Å². The Kier molecular flexibility index (Phi) is 6.49. The number of rotatable bonds is 8. The van der Waals surface area contributed by atoms with Crippen molar-refractivity contribution in [2.75, 3.05) is 18.9 Å². The number of hydrogen-bond donors (Lipinski definition) is 1. The van der Waals surface area contributed by atoms with Crippen LogP contribution in [-0.4, -0.2) is 32.6 Å². The lowest BCUT2D eigenvalue weighted by Gasteiger charge is -2.16. The topological polar surface area (TPSA) is 69.4 Å². The van der Waals surface area contributed by atoms with Gasteiger partial charge in [-0.25, -0.2) is 8.42 Å². The molecule has 0 aliphatic rings. The van der Waals surface area contributed by atoms with Crippen molar-refractivity contribution in [3.05, 3.63) is 29.8 Å². The molecule has 0 saturated carbocycles. The SMILES string of the molecule is CC(C)C(C)S(=O)(=O)CCOc1ccc(CCN)cc1. The molecule has 0 spiro atoms. The van der Waals surface area contributed by atoms with E-state index in [9.17, 15) is 8.42 Å². The minimum absolute atomic E-state index is 0.0525. The summed E-state index contributed by atoms with van der Waals surface area (Å²) in [6.45, 7) is 6.39. The van der Waals surface area contributed by atoms with Crippen molar-refractivity contribution in [3.8, 4) is 5.75 Å². The van der Waals surface area contributed by atoms with Gasteiger partial charge in [0.1, 0.15) is 12.4 Å². The molecule has 2 N–H and O–H groups in total. The number of benzene rings is 1. The van der Waals surface area contributed by atoms with E-state index in [0.29, 0.717) is 12.3 Å². The molecule has 0 amide bonds. The summed E-state index contributed by atoms with van der Waals surface area (Å²) < 4.78 is 29.5. The van der Waals surface area contributed by atoms with Crippen LogP contribution in [0.25, 0.3) is 0 Å². The predicted octanol–water partition coefficient (Wildman–Crippen LogP) is 2.03. The van der Waals surface area contributed by atoms with Gasteiger partial charge in [0.2, 0.25) is 0 Å². The molecule has 0 fully saturated rings. The van der Waals surface area contributed by atoms with E-state index in [2.05, 4.69) is 0 Å². The van der Waals surface area contributed by atoms with Gasteiger partial charge in [-0.1, -0.05) is 26.0 Å². The molecule has 0 aromatic heterocycles. The second-order valence-corrected chi connectivity index (χ2v) is 7.82.